The second-order valence-electron chi connectivity index (χ2n) is 4.09. The van der Waals surface area contributed by atoms with Crippen molar-refractivity contribution in [1.29, 1.82) is 0 Å². The quantitative estimate of drug-likeness (QED) is 0.443. The fraction of sp³-hybridized carbons (Fsp3) is 0.417. The Kier molecular flexibility index (Phi) is 8.26. The van der Waals surface area contributed by atoms with Gasteiger partial charge in [-0.25, -0.2) is 0 Å². The number of carbonyl (C=O) groups excluding carboxylic acids is 1. The lowest BCUT2D eigenvalue weighted by atomic mass is 10.2. The van der Waals surface area contributed by atoms with Gasteiger partial charge in [-0.2, -0.15) is 0 Å². The van der Waals surface area contributed by atoms with E-state index in [4.69, 9.17) is 5.73 Å². The van der Waals surface area contributed by atoms with Crippen molar-refractivity contribution in [1.82, 2.24) is 5.32 Å². The monoisotopic (exact) mass is 302 g/mol. The van der Waals surface area contributed by atoms with E-state index in [0.29, 0.717) is 25.2 Å². The first-order valence-corrected chi connectivity index (χ1v) is 5.97. The summed E-state index contributed by atoms with van der Waals surface area (Å²) in [4.78, 5) is 23.6. The lowest BCUT2D eigenvalue weighted by Crippen LogP contribution is -2.36. The summed E-state index contributed by atoms with van der Waals surface area (Å²) in [5.41, 5.74) is 5.73. The Hall–Kier alpha value is -1.86. The van der Waals surface area contributed by atoms with Crippen molar-refractivity contribution in [3.05, 3.63) is 34.4 Å². The molecule has 0 saturated carbocycles. The highest BCUT2D eigenvalue weighted by Gasteiger charge is 2.17. The lowest BCUT2D eigenvalue weighted by Gasteiger charge is -2.18. The molecule has 0 bridgehead atoms. The summed E-state index contributed by atoms with van der Waals surface area (Å²) in [6.45, 7) is 1.09. The van der Waals surface area contributed by atoms with Gasteiger partial charge in [0.15, 0.2) is 0 Å². The zero-order valence-corrected chi connectivity index (χ0v) is 12.1. The number of rotatable bonds is 7. The van der Waals surface area contributed by atoms with Crippen LogP contribution >= 0.6 is 12.4 Å². The Morgan fingerprint density at radius 2 is 2.10 bits per heavy atom. The zero-order valence-electron chi connectivity index (χ0n) is 11.2. The van der Waals surface area contributed by atoms with Gasteiger partial charge in [0.25, 0.3) is 5.69 Å². The van der Waals surface area contributed by atoms with E-state index < -0.39 is 4.92 Å². The number of likely N-dealkylation sites (N-methyl/N-ethyl adjacent to an activating group) is 1. The van der Waals surface area contributed by atoms with Crippen LogP contribution in [0.1, 0.15) is 6.42 Å². The smallest absolute Gasteiger partial charge is 0.292 e. The highest BCUT2D eigenvalue weighted by Crippen LogP contribution is 2.26. The molecule has 1 aromatic rings. The topological polar surface area (TPSA) is 102 Å². The van der Waals surface area contributed by atoms with Crippen molar-refractivity contribution < 1.29 is 9.72 Å². The summed E-state index contributed by atoms with van der Waals surface area (Å²) < 4.78 is 0. The van der Waals surface area contributed by atoms with Crippen LogP contribution in [0.5, 0.6) is 0 Å². The molecule has 8 heteroatoms. The number of anilines is 1. The van der Waals surface area contributed by atoms with Gasteiger partial charge in [0.2, 0.25) is 5.91 Å². The van der Waals surface area contributed by atoms with Gasteiger partial charge in [-0.3, -0.25) is 14.9 Å². The van der Waals surface area contributed by atoms with Gasteiger partial charge in [0.05, 0.1) is 11.5 Å². The van der Waals surface area contributed by atoms with Gasteiger partial charge in [-0.05, 0) is 19.0 Å². The zero-order chi connectivity index (χ0) is 14.3. The molecule has 0 fully saturated rings. The number of nitro benzene ring substituents is 1. The third-order valence-electron chi connectivity index (χ3n) is 2.57. The molecule has 20 heavy (non-hydrogen) atoms. The molecule has 0 radical (unpaired) electrons. The number of nitrogens with one attached hydrogen (secondary N) is 1. The Balaban J connectivity index is 0.00000361. The van der Waals surface area contributed by atoms with Gasteiger partial charge in [0, 0.05) is 19.7 Å². The maximum absolute atomic E-state index is 11.6. The van der Waals surface area contributed by atoms with E-state index in [-0.39, 0.29) is 30.5 Å². The van der Waals surface area contributed by atoms with E-state index in [2.05, 4.69) is 5.32 Å². The number of nitrogens with two attached hydrogens (primary N) is 1. The van der Waals surface area contributed by atoms with Crippen molar-refractivity contribution in [3.63, 3.8) is 0 Å². The standard InChI is InChI=1S/C12H18N4O3.ClH/c1-15(9-12(17)14-8-4-7-13)10-5-2-3-6-11(10)16(18)19;/h2-3,5-6H,4,7-9,13H2,1H3,(H,14,17);1H. The van der Waals surface area contributed by atoms with E-state index >= 15 is 0 Å². The van der Waals surface area contributed by atoms with Gasteiger partial charge in [-0.1, -0.05) is 12.1 Å². The maximum Gasteiger partial charge on any atom is 0.292 e. The van der Waals surface area contributed by atoms with Crippen LogP contribution in [-0.4, -0.2) is 37.5 Å². The minimum atomic E-state index is -0.460. The van der Waals surface area contributed by atoms with E-state index in [0.717, 1.165) is 0 Å². The molecule has 0 aliphatic rings. The number of benzene rings is 1. The van der Waals surface area contributed by atoms with Crippen LogP contribution in [-0.2, 0) is 4.79 Å². The molecule has 1 rings (SSSR count). The van der Waals surface area contributed by atoms with Crippen LogP contribution in [0.15, 0.2) is 24.3 Å². The average molecular weight is 303 g/mol. The second kappa shape index (κ2) is 9.11. The van der Waals surface area contributed by atoms with Gasteiger partial charge in [0.1, 0.15) is 5.69 Å². The van der Waals surface area contributed by atoms with Crippen LogP contribution in [0.3, 0.4) is 0 Å². The minimum Gasteiger partial charge on any atom is -0.360 e. The predicted molar refractivity (Wildman–Crippen MR) is 80.3 cm³/mol. The highest BCUT2D eigenvalue weighted by atomic mass is 35.5. The number of halogens is 1. The average Bonchev–Trinajstić information content (AvgIpc) is 2.39. The van der Waals surface area contributed by atoms with Crippen LogP contribution in [0.4, 0.5) is 11.4 Å². The summed E-state index contributed by atoms with van der Waals surface area (Å²) in [5, 5.41) is 13.6. The summed E-state index contributed by atoms with van der Waals surface area (Å²) >= 11 is 0. The third-order valence-corrected chi connectivity index (χ3v) is 2.57. The van der Waals surface area contributed by atoms with Crippen molar-refractivity contribution in [2.75, 3.05) is 31.6 Å². The molecule has 3 N–H and O–H groups in total. The number of amides is 1. The third kappa shape index (κ3) is 5.41. The molecule has 0 atom stereocenters. The molecule has 7 nitrogen and oxygen atoms in total. The number of hydrogen-bond acceptors (Lipinski definition) is 5. The number of nitrogens with zero attached hydrogens (tertiary/aromatic N) is 2. The van der Waals surface area contributed by atoms with Crippen LogP contribution in [0.25, 0.3) is 0 Å². The number of carbonyl (C=O) groups is 1. The first-order valence-electron chi connectivity index (χ1n) is 5.97. The molecule has 0 aliphatic carbocycles. The first kappa shape index (κ1) is 18.1. The first-order chi connectivity index (χ1) is 9.06. The molecule has 0 unspecified atom stereocenters. The van der Waals surface area contributed by atoms with E-state index in [1.165, 1.54) is 6.07 Å². The van der Waals surface area contributed by atoms with Crippen LogP contribution < -0.4 is 16.0 Å². The molecule has 0 saturated heterocycles. The van der Waals surface area contributed by atoms with Crippen LogP contribution in [0, 0.1) is 10.1 Å². The van der Waals surface area contributed by atoms with Gasteiger partial charge >= 0.3 is 0 Å². The summed E-state index contributed by atoms with van der Waals surface area (Å²) in [5.74, 6) is -0.186. The van der Waals surface area contributed by atoms with E-state index in [9.17, 15) is 14.9 Å². The number of hydrogen-bond donors (Lipinski definition) is 2. The fourth-order valence-corrected chi connectivity index (χ4v) is 1.63. The molecule has 112 valence electrons. The lowest BCUT2D eigenvalue weighted by molar-refractivity contribution is -0.384. The second-order valence-corrected chi connectivity index (χ2v) is 4.09. The molecule has 1 aromatic carbocycles. The summed E-state index contributed by atoms with van der Waals surface area (Å²) in [6, 6.07) is 6.32. The SMILES string of the molecule is CN(CC(=O)NCCCN)c1ccccc1[N+](=O)[O-].Cl. The largest absolute Gasteiger partial charge is 0.360 e. The summed E-state index contributed by atoms with van der Waals surface area (Å²) in [6.07, 6.45) is 0.709. The van der Waals surface area contributed by atoms with E-state index in [1.54, 1.807) is 30.1 Å². The van der Waals surface area contributed by atoms with Crippen molar-refractivity contribution in [3.8, 4) is 0 Å². The molecule has 0 aromatic heterocycles. The molecule has 0 spiro atoms. The molecular formula is C12H19ClN4O3. The molecular weight excluding hydrogens is 284 g/mol. The Bertz CT molecular complexity index is 456. The van der Waals surface area contributed by atoms with E-state index in [1.807, 2.05) is 0 Å². The number of para-hydroxylation sites is 2. The predicted octanol–water partition coefficient (Wildman–Crippen LogP) is 0.918. The van der Waals surface area contributed by atoms with Crippen molar-refractivity contribution in [2.45, 2.75) is 6.42 Å². The molecule has 0 aliphatic heterocycles. The van der Waals surface area contributed by atoms with Crippen molar-refractivity contribution >= 4 is 29.7 Å². The highest BCUT2D eigenvalue weighted by molar-refractivity contribution is 5.85. The minimum absolute atomic E-state index is 0. The number of nitro groups is 1. The fourth-order valence-electron chi connectivity index (χ4n) is 1.63. The normalized spacial score (nSPS) is 9.50. The van der Waals surface area contributed by atoms with Crippen molar-refractivity contribution in [2.24, 2.45) is 5.73 Å². The summed E-state index contributed by atoms with van der Waals surface area (Å²) in [7, 11) is 1.64. The van der Waals surface area contributed by atoms with Crippen LogP contribution in [0.2, 0.25) is 0 Å². The molecule has 1 amide bonds. The molecule has 0 heterocycles. The Morgan fingerprint density at radius 1 is 1.45 bits per heavy atom. The van der Waals surface area contributed by atoms with Gasteiger partial charge < -0.3 is 16.0 Å². The van der Waals surface area contributed by atoms with Gasteiger partial charge in [-0.15, -0.1) is 12.4 Å². The Labute approximate surface area is 123 Å². The Morgan fingerprint density at radius 3 is 2.70 bits per heavy atom. The maximum atomic E-state index is 11.6.